The topological polar surface area (TPSA) is 57.8 Å². The van der Waals surface area contributed by atoms with Gasteiger partial charge in [0, 0.05) is 10.3 Å². The van der Waals surface area contributed by atoms with E-state index in [1.54, 1.807) is 6.20 Å². The lowest BCUT2D eigenvalue weighted by Gasteiger charge is -2.02. The number of anilines is 1. The summed E-state index contributed by atoms with van der Waals surface area (Å²) in [5, 5.41) is 10.7. The summed E-state index contributed by atoms with van der Waals surface area (Å²) < 4.78 is 1.12. The minimum Gasteiger partial charge on any atom is -0.306 e. The van der Waals surface area contributed by atoms with E-state index >= 15 is 0 Å². The second-order valence-electron chi connectivity index (χ2n) is 4.23. The van der Waals surface area contributed by atoms with Crippen LogP contribution in [0.25, 0.3) is 10.1 Å². The molecule has 1 aromatic carbocycles. The van der Waals surface area contributed by atoms with E-state index in [9.17, 15) is 4.79 Å². The van der Waals surface area contributed by atoms with E-state index in [0.29, 0.717) is 10.7 Å². The summed E-state index contributed by atoms with van der Waals surface area (Å²) in [6.45, 7) is 2.03. The van der Waals surface area contributed by atoms with Crippen molar-refractivity contribution < 1.29 is 4.79 Å². The van der Waals surface area contributed by atoms with Gasteiger partial charge in [0.05, 0.1) is 11.1 Å². The number of carbonyl (C=O) groups is 1. The first-order valence-electron chi connectivity index (χ1n) is 6.10. The summed E-state index contributed by atoms with van der Waals surface area (Å²) >= 11 is 1.49. The quantitative estimate of drug-likeness (QED) is 0.766. The zero-order valence-corrected chi connectivity index (χ0v) is 11.3. The van der Waals surface area contributed by atoms with Gasteiger partial charge in [-0.15, -0.1) is 11.3 Å². The van der Waals surface area contributed by atoms with Gasteiger partial charge in [0.15, 0.2) is 0 Å². The van der Waals surface area contributed by atoms with Gasteiger partial charge in [-0.05, 0) is 23.9 Å². The lowest BCUT2D eigenvalue weighted by atomic mass is 10.2. The third-order valence-electron chi connectivity index (χ3n) is 2.99. The first-order chi connectivity index (χ1) is 9.28. The van der Waals surface area contributed by atoms with Crippen LogP contribution >= 0.6 is 11.3 Å². The van der Waals surface area contributed by atoms with E-state index in [0.717, 1.165) is 22.1 Å². The number of thiophene rings is 1. The van der Waals surface area contributed by atoms with Crippen molar-refractivity contribution in [2.24, 2.45) is 0 Å². The number of aromatic amines is 1. The lowest BCUT2D eigenvalue weighted by molar-refractivity contribution is 0.103. The largest absolute Gasteiger partial charge is 0.306 e. The number of fused-ring (bicyclic) bond motifs is 1. The molecular weight excluding hydrogens is 258 g/mol. The van der Waals surface area contributed by atoms with Crippen LogP contribution in [0.4, 0.5) is 5.82 Å². The summed E-state index contributed by atoms with van der Waals surface area (Å²) in [6, 6.07) is 9.89. The molecule has 0 saturated carbocycles. The summed E-state index contributed by atoms with van der Waals surface area (Å²) in [4.78, 5) is 12.9. The average Bonchev–Trinajstić information content (AvgIpc) is 3.03. The fraction of sp³-hybridized carbons (Fsp3) is 0.143. The van der Waals surface area contributed by atoms with Crippen molar-refractivity contribution in [1.82, 2.24) is 10.2 Å². The van der Waals surface area contributed by atoms with E-state index in [2.05, 4.69) is 15.5 Å². The Morgan fingerprint density at radius 1 is 1.42 bits per heavy atom. The lowest BCUT2D eigenvalue weighted by Crippen LogP contribution is -2.11. The number of hydrogen-bond acceptors (Lipinski definition) is 3. The van der Waals surface area contributed by atoms with Gasteiger partial charge < -0.3 is 5.32 Å². The zero-order chi connectivity index (χ0) is 13.2. The number of hydrogen-bond donors (Lipinski definition) is 2. The number of nitrogens with zero attached hydrogens (tertiary/aromatic N) is 1. The second-order valence-corrected chi connectivity index (χ2v) is 5.31. The predicted octanol–water partition coefficient (Wildman–Crippen LogP) is 3.44. The molecule has 2 aromatic heterocycles. The van der Waals surface area contributed by atoms with Crippen LogP contribution in [0.2, 0.25) is 0 Å². The Kier molecular flexibility index (Phi) is 3.05. The van der Waals surface area contributed by atoms with Crippen LogP contribution in [0.1, 0.15) is 22.2 Å². The smallest absolute Gasteiger partial charge is 0.266 e. The van der Waals surface area contributed by atoms with Crippen molar-refractivity contribution in [3.05, 3.63) is 47.0 Å². The number of carbonyl (C=O) groups excluding carboxylic acids is 1. The van der Waals surface area contributed by atoms with Gasteiger partial charge >= 0.3 is 0 Å². The average molecular weight is 271 g/mol. The molecule has 19 heavy (non-hydrogen) atoms. The molecule has 0 aliphatic heterocycles. The van der Waals surface area contributed by atoms with E-state index in [4.69, 9.17) is 0 Å². The molecule has 0 saturated heterocycles. The summed E-state index contributed by atoms with van der Waals surface area (Å²) in [7, 11) is 0. The van der Waals surface area contributed by atoms with Crippen molar-refractivity contribution in [2.75, 3.05) is 5.32 Å². The molecule has 3 rings (SSSR count). The Morgan fingerprint density at radius 2 is 2.26 bits per heavy atom. The normalized spacial score (nSPS) is 10.8. The molecule has 0 aliphatic carbocycles. The van der Waals surface area contributed by atoms with Gasteiger partial charge in [-0.25, -0.2) is 0 Å². The number of aromatic nitrogens is 2. The van der Waals surface area contributed by atoms with Gasteiger partial charge in [0.1, 0.15) is 5.82 Å². The molecule has 5 heteroatoms. The van der Waals surface area contributed by atoms with Gasteiger partial charge in [0.25, 0.3) is 5.91 Å². The van der Waals surface area contributed by atoms with Crippen LogP contribution in [0.15, 0.2) is 36.5 Å². The van der Waals surface area contributed by atoms with E-state index in [1.807, 2.05) is 37.3 Å². The molecular formula is C14H13N3OS. The highest BCUT2D eigenvalue weighted by atomic mass is 32.1. The summed E-state index contributed by atoms with van der Waals surface area (Å²) in [5.74, 6) is 0.588. The molecule has 0 bridgehead atoms. The van der Waals surface area contributed by atoms with Crippen LogP contribution in [0.3, 0.4) is 0 Å². The molecule has 4 nitrogen and oxygen atoms in total. The minimum absolute atomic E-state index is 0.0971. The van der Waals surface area contributed by atoms with Crippen LogP contribution in [-0.4, -0.2) is 16.1 Å². The monoisotopic (exact) mass is 271 g/mol. The highest BCUT2D eigenvalue weighted by molar-refractivity contribution is 7.20. The molecule has 0 fully saturated rings. The zero-order valence-electron chi connectivity index (χ0n) is 10.4. The SMILES string of the molecule is CCc1cn[nH]c1NC(=O)c1cc2ccccc2s1. The highest BCUT2D eigenvalue weighted by Gasteiger charge is 2.12. The maximum Gasteiger partial charge on any atom is 0.266 e. The number of nitrogens with one attached hydrogen (secondary N) is 2. The van der Waals surface area contributed by atoms with Crippen LogP contribution < -0.4 is 5.32 Å². The van der Waals surface area contributed by atoms with Gasteiger partial charge in [0.2, 0.25) is 0 Å². The first kappa shape index (κ1) is 11.9. The van der Waals surface area contributed by atoms with Crippen molar-refractivity contribution >= 4 is 33.1 Å². The standard InChI is InChI=1S/C14H13N3OS/c1-2-9-8-15-17-13(9)16-14(18)12-7-10-5-3-4-6-11(10)19-12/h3-8H,2H2,1H3,(H2,15,16,17,18). The molecule has 2 heterocycles. The first-order valence-corrected chi connectivity index (χ1v) is 6.91. The van der Waals surface area contributed by atoms with Crippen LogP contribution in [-0.2, 0) is 6.42 Å². The fourth-order valence-corrected chi connectivity index (χ4v) is 2.91. The van der Waals surface area contributed by atoms with E-state index < -0.39 is 0 Å². The maximum absolute atomic E-state index is 12.2. The van der Waals surface area contributed by atoms with Crippen molar-refractivity contribution in [3.63, 3.8) is 0 Å². The third kappa shape index (κ3) is 2.24. The highest BCUT2D eigenvalue weighted by Crippen LogP contribution is 2.26. The molecule has 0 atom stereocenters. The predicted molar refractivity (Wildman–Crippen MR) is 77.7 cm³/mol. The number of amides is 1. The van der Waals surface area contributed by atoms with Crippen LogP contribution in [0, 0.1) is 0 Å². The summed E-state index contributed by atoms with van der Waals surface area (Å²) in [6.07, 6.45) is 2.57. The third-order valence-corrected chi connectivity index (χ3v) is 4.10. The second kappa shape index (κ2) is 4.85. The Hall–Kier alpha value is -2.14. The van der Waals surface area contributed by atoms with Gasteiger partial charge in [-0.1, -0.05) is 25.1 Å². The Bertz CT molecular complexity index is 696. The Labute approximate surface area is 114 Å². The minimum atomic E-state index is -0.0971. The number of rotatable bonds is 3. The van der Waals surface area contributed by atoms with Crippen molar-refractivity contribution in [2.45, 2.75) is 13.3 Å². The molecule has 0 spiro atoms. The number of aryl methyl sites for hydroxylation is 1. The Balaban J connectivity index is 1.87. The van der Waals surface area contributed by atoms with Crippen LogP contribution in [0.5, 0.6) is 0 Å². The molecule has 2 N–H and O–H groups in total. The fourth-order valence-electron chi connectivity index (χ4n) is 1.96. The molecule has 3 aromatic rings. The number of H-pyrrole nitrogens is 1. The van der Waals surface area contributed by atoms with E-state index in [1.165, 1.54) is 11.3 Å². The molecule has 0 unspecified atom stereocenters. The molecule has 1 amide bonds. The molecule has 0 radical (unpaired) electrons. The molecule has 96 valence electrons. The van der Waals surface area contributed by atoms with Gasteiger partial charge in [-0.3, -0.25) is 9.89 Å². The molecule has 0 aliphatic rings. The number of benzene rings is 1. The Morgan fingerprint density at radius 3 is 3.05 bits per heavy atom. The van der Waals surface area contributed by atoms with Gasteiger partial charge in [-0.2, -0.15) is 5.10 Å². The maximum atomic E-state index is 12.2. The summed E-state index contributed by atoms with van der Waals surface area (Å²) in [5.41, 5.74) is 1.01. The van der Waals surface area contributed by atoms with Crippen molar-refractivity contribution in [3.8, 4) is 0 Å². The van der Waals surface area contributed by atoms with E-state index in [-0.39, 0.29) is 5.91 Å². The van der Waals surface area contributed by atoms with Crippen molar-refractivity contribution in [1.29, 1.82) is 0 Å².